The predicted molar refractivity (Wildman–Crippen MR) is 91.7 cm³/mol. The number of ether oxygens (including phenoxy) is 1. The van der Waals surface area contributed by atoms with Crippen LogP contribution in [-0.2, 0) is 20.7 Å². The van der Waals surface area contributed by atoms with Crippen molar-refractivity contribution < 1.29 is 19.4 Å². The van der Waals surface area contributed by atoms with E-state index in [1.165, 1.54) is 5.56 Å². The molecule has 0 spiro atoms. The first-order chi connectivity index (χ1) is 11.6. The molecule has 0 heterocycles. The van der Waals surface area contributed by atoms with E-state index in [0.717, 1.165) is 25.7 Å². The second-order valence-corrected chi connectivity index (χ2v) is 6.42. The Balaban J connectivity index is 1.52. The average Bonchev–Trinajstić information content (AvgIpc) is 2.59. The highest BCUT2D eigenvalue weighted by Gasteiger charge is 2.27. The smallest absolute Gasteiger partial charge is 0.306 e. The Hall–Kier alpha value is -1.88. The van der Waals surface area contributed by atoms with Crippen LogP contribution in [0, 0.1) is 5.92 Å². The van der Waals surface area contributed by atoms with E-state index in [0.29, 0.717) is 32.5 Å². The third-order valence-corrected chi connectivity index (χ3v) is 4.46. The van der Waals surface area contributed by atoms with Gasteiger partial charge in [0.05, 0.1) is 12.5 Å². The molecule has 2 rings (SSSR count). The fraction of sp³-hybridized carbons (Fsp3) is 0.579. The largest absolute Gasteiger partial charge is 0.481 e. The quantitative estimate of drug-likeness (QED) is 0.681. The number of carbonyl (C=O) groups is 2. The molecule has 2 atom stereocenters. The van der Waals surface area contributed by atoms with Crippen LogP contribution in [0.5, 0.6) is 0 Å². The van der Waals surface area contributed by atoms with Crippen LogP contribution in [0.1, 0.15) is 44.1 Å². The summed E-state index contributed by atoms with van der Waals surface area (Å²) in [5, 5.41) is 12.0. The molecule has 0 saturated heterocycles. The van der Waals surface area contributed by atoms with Crippen molar-refractivity contribution in [2.75, 3.05) is 13.2 Å². The summed E-state index contributed by atoms with van der Waals surface area (Å²) in [6.45, 7) is 1.23. The first kappa shape index (κ1) is 18.5. The number of rotatable bonds is 9. The number of benzene rings is 1. The van der Waals surface area contributed by atoms with E-state index >= 15 is 0 Å². The zero-order chi connectivity index (χ0) is 17.2. The summed E-state index contributed by atoms with van der Waals surface area (Å²) in [7, 11) is 0. The van der Waals surface area contributed by atoms with Crippen molar-refractivity contribution in [2.45, 2.75) is 51.0 Å². The topological polar surface area (TPSA) is 75.6 Å². The molecule has 24 heavy (non-hydrogen) atoms. The van der Waals surface area contributed by atoms with E-state index in [4.69, 9.17) is 9.84 Å². The Bertz CT molecular complexity index is 517. The minimum absolute atomic E-state index is 0.00213. The fourth-order valence-electron chi connectivity index (χ4n) is 3.12. The van der Waals surface area contributed by atoms with E-state index in [1.807, 2.05) is 18.2 Å². The molecule has 0 bridgehead atoms. The van der Waals surface area contributed by atoms with E-state index in [-0.39, 0.29) is 17.9 Å². The molecule has 5 nitrogen and oxygen atoms in total. The first-order valence-electron chi connectivity index (χ1n) is 8.79. The number of carbonyl (C=O) groups excluding carboxylic acids is 1. The SMILES string of the molecule is O=C(CCCOCCc1ccccc1)N[C@@H]1CCC[C@H](C(=O)O)C1. The number of aliphatic carboxylic acids is 1. The van der Waals surface area contributed by atoms with E-state index in [1.54, 1.807) is 0 Å². The van der Waals surface area contributed by atoms with Crippen LogP contribution in [0.25, 0.3) is 0 Å². The van der Waals surface area contributed by atoms with Crippen LogP contribution in [0.3, 0.4) is 0 Å². The second kappa shape index (κ2) is 10.1. The Morgan fingerprint density at radius 3 is 2.71 bits per heavy atom. The van der Waals surface area contributed by atoms with E-state index in [9.17, 15) is 9.59 Å². The number of nitrogens with one attached hydrogen (secondary N) is 1. The van der Waals surface area contributed by atoms with Gasteiger partial charge in [-0.15, -0.1) is 0 Å². The van der Waals surface area contributed by atoms with Gasteiger partial charge in [0.1, 0.15) is 0 Å². The lowest BCUT2D eigenvalue weighted by atomic mass is 9.86. The highest BCUT2D eigenvalue weighted by atomic mass is 16.5. The molecule has 0 aliphatic heterocycles. The van der Waals surface area contributed by atoms with Crippen LogP contribution >= 0.6 is 0 Å². The Labute approximate surface area is 143 Å². The summed E-state index contributed by atoms with van der Waals surface area (Å²) in [4.78, 5) is 23.0. The highest BCUT2D eigenvalue weighted by molar-refractivity contribution is 5.76. The minimum Gasteiger partial charge on any atom is -0.481 e. The zero-order valence-corrected chi connectivity index (χ0v) is 14.1. The number of carboxylic acids is 1. The van der Waals surface area contributed by atoms with Crippen molar-refractivity contribution in [3.63, 3.8) is 0 Å². The van der Waals surface area contributed by atoms with Crippen molar-refractivity contribution >= 4 is 11.9 Å². The predicted octanol–water partition coefficient (Wildman–Crippen LogP) is 2.79. The zero-order valence-electron chi connectivity index (χ0n) is 14.1. The maximum absolute atomic E-state index is 11.9. The van der Waals surface area contributed by atoms with Crippen LogP contribution in [0.2, 0.25) is 0 Å². The van der Waals surface area contributed by atoms with E-state index in [2.05, 4.69) is 17.4 Å². The molecule has 2 N–H and O–H groups in total. The lowest BCUT2D eigenvalue weighted by molar-refractivity contribution is -0.143. The van der Waals surface area contributed by atoms with Gasteiger partial charge in [-0.05, 0) is 37.7 Å². The summed E-state index contributed by atoms with van der Waals surface area (Å²) in [6, 6.07) is 10.2. The van der Waals surface area contributed by atoms with Gasteiger partial charge in [0.2, 0.25) is 5.91 Å². The highest BCUT2D eigenvalue weighted by Crippen LogP contribution is 2.24. The van der Waals surface area contributed by atoms with Crippen molar-refractivity contribution in [3.8, 4) is 0 Å². The Kier molecular flexibility index (Phi) is 7.75. The molecule has 0 aromatic heterocycles. The van der Waals surface area contributed by atoms with Gasteiger partial charge in [-0.25, -0.2) is 0 Å². The minimum atomic E-state index is -0.749. The number of amides is 1. The van der Waals surface area contributed by atoms with Crippen LogP contribution in [-0.4, -0.2) is 36.2 Å². The number of hydrogen-bond donors (Lipinski definition) is 2. The van der Waals surface area contributed by atoms with E-state index < -0.39 is 5.97 Å². The lowest BCUT2D eigenvalue weighted by Gasteiger charge is -2.27. The molecule has 1 aliphatic carbocycles. The van der Waals surface area contributed by atoms with Crippen LogP contribution in [0.15, 0.2) is 30.3 Å². The normalized spacial score (nSPS) is 20.5. The third-order valence-electron chi connectivity index (χ3n) is 4.46. The third kappa shape index (κ3) is 6.71. The van der Waals surface area contributed by atoms with Crippen molar-refractivity contribution in [2.24, 2.45) is 5.92 Å². The van der Waals surface area contributed by atoms with Crippen molar-refractivity contribution in [1.82, 2.24) is 5.32 Å². The molecule has 132 valence electrons. The molecule has 1 aromatic carbocycles. The molecular formula is C19H27NO4. The van der Waals surface area contributed by atoms with Gasteiger partial charge < -0.3 is 15.2 Å². The van der Waals surface area contributed by atoms with Gasteiger partial charge in [-0.2, -0.15) is 0 Å². The summed E-state index contributed by atoms with van der Waals surface area (Å²) < 4.78 is 5.57. The van der Waals surface area contributed by atoms with Gasteiger partial charge in [-0.3, -0.25) is 9.59 Å². The summed E-state index contributed by atoms with van der Waals surface area (Å²) in [6.07, 6.45) is 5.01. The second-order valence-electron chi connectivity index (χ2n) is 6.42. The summed E-state index contributed by atoms with van der Waals surface area (Å²) >= 11 is 0. The summed E-state index contributed by atoms with van der Waals surface area (Å²) in [5.74, 6) is -1.07. The average molecular weight is 333 g/mol. The molecule has 1 fully saturated rings. The molecule has 1 amide bonds. The van der Waals surface area contributed by atoms with Crippen molar-refractivity contribution in [1.29, 1.82) is 0 Å². The van der Waals surface area contributed by atoms with Gasteiger partial charge in [0, 0.05) is 19.1 Å². The molecule has 0 unspecified atom stereocenters. The molecule has 1 saturated carbocycles. The maximum atomic E-state index is 11.9. The standard InChI is InChI=1S/C19H27NO4/c21-18(20-17-9-4-8-16(14-17)19(22)23)10-5-12-24-13-11-15-6-2-1-3-7-15/h1-3,6-7,16-17H,4-5,8-14H2,(H,20,21)(H,22,23)/t16-,17+/m0/s1. The first-order valence-corrected chi connectivity index (χ1v) is 8.79. The van der Waals surface area contributed by atoms with Crippen LogP contribution in [0.4, 0.5) is 0 Å². The number of carboxylic acid groups (broad SMARTS) is 1. The molecule has 5 heteroatoms. The number of hydrogen-bond acceptors (Lipinski definition) is 3. The van der Waals surface area contributed by atoms with Gasteiger partial charge in [-0.1, -0.05) is 36.8 Å². The fourth-order valence-corrected chi connectivity index (χ4v) is 3.12. The van der Waals surface area contributed by atoms with Gasteiger partial charge >= 0.3 is 5.97 Å². The molecule has 1 aliphatic rings. The van der Waals surface area contributed by atoms with Gasteiger partial charge in [0.25, 0.3) is 0 Å². The lowest BCUT2D eigenvalue weighted by Crippen LogP contribution is -2.39. The summed E-state index contributed by atoms with van der Waals surface area (Å²) in [5.41, 5.74) is 1.25. The van der Waals surface area contributed by atoms with Crippen LogP contribution < -0.4 is 5.32 Å². The molecule has 1 aromatic rings. The molecular weight excluding hydrogens is 306 g/mol. The monoisotopic (exact) mass is 333 g/mol. The Morgan fingerprint density at radius 1 is 1.17 bits per heavy atom. The van der Waals surface area contributed by atoms with Crippen molar-refractivity contribution in [3.05, 3.63) is 35.9 Å². The van der Waals surface area contributed by atoms with Gasteiger partial charge in [0.15, 0.2) is 0 Å². The maximum Gasteiger partial charge on any atom is 0.306 e. The molecule has 0 radical (unpaired) electrons. The Morgan fingerprint density at radius 2 is 1.96 bits per heavy atom.